The van der Waals surface area contributed by atoms with E-state index in [4.69, 9.17) is 5.73 Å². The Bertz CT molecular complexity index is 890. The Morgan fingerprint density at radius 2 is 1.79 bits per heavy atom. The average Bonchev–Trinajstić information content (AvgIpc) is 3.16. The van der Waals surface area contributed by atoms with Gasteiger partial charge >= 0.3 is 0 Å². The van der Waals surface area contributed by atoms with E-state index in [0.717, 1.165) is 17.7 Å². The predicted molar refractivity (Wildman–Crippen MR) is 115 cm³/mol. The number of hydrogen-bond acceptors (Lipinski definition) is 4. The third-order valence-corrected chi connectivity index (χ3v) is 5.70. The van der Waals surface area contributed by atoms with Gasteiger partial charge in [0.05, 0.1) is 5.56 Å². The maximum absolute atomic E-state index is 11.2. The summed E-state index contributed by atoms with van der Waals surface area (Å²) in [6.07, 6.45) is 1.70. The van der Waals surface area contributed by atoms with Gasteiger partial charge in [-0.1, -0.05) is 54.6 Å². The van der Waals surface area contributed by atoms with Gasteiger partial charge in [0, 0.05) is 22.7 Å². The molecule has 28 heavy (non-hydrogen) atoms. The van der Waals surface area contributed by atoms with Gasteiger partial charge < -0.3 is 10.8 Å². The van der Waals surface area contributed by atoms with Crippen molar-refractivity contribution in [2.24, 2.45) is 5.73 Å². The van der Waals surface area contributed by atoms with Gasteiger partial charge in [-0.2, -0.15) is 0 Å². The fraction of sp³-hybridized carbons (Fsp3) is 0.261. The van der Waals surface area contributed by atoms with E-state index >= 15 is 0 Å². The lowest BCUT2D eigenvalue weighted by molar-refractivity contribution is 0.1000. The smallest absolute Gasteiger partial charge is 0.249 e. The third kappa shape index (κ3) is 5.76. The number of primary amides is 1. The molecule has 0 aliphatic rings. The SMILES string of the molecule is CC(CCc1ccc(-c2ccccc2)cc1)NC(O)Cc1cc(C(N)=O)cs1. The highest BCUT2D eigenvalue weighted by Gasteiger charge is 2.12. The standard InChI is InChI=1S/C23H26N2O2S/c1-16(25-22(26)14-21-13-20(15-28-21)23(24)27)7-8-17-9-11-19(12-10-17)18-5-3-2-4-6-18/h2-6,9-13,15-16,22,25-26H,7-8,14H2,1H3,(H2,24,27). The number of aryl methyl sites for hydroxylation is 1. The summed E-state index contributed by atoms with van der Waals surface area (Å²) >= 11 is 1.44. The van der Waals surface area contributed by atoms with Crippen molar-refractivity contribution in [1.29, 1.82) is 0 Å². The largest absolute Gasteiger partial charge is 0.378 e. The summed E-state index contributed by atoms with van der Waals surface area (Å²) in [5.41, 5.74) is 9.49. The van der Waals surface area contributed by atoms with Crippen LogP contribution >= 0.6 is 11.3 Å². The molecular weight excluding hydrogens is 368 g/mol. The molecule has 4 nitrogen and oxygen atoms in total. The number of carbonyl (C=O) groups is 1. The summed E-state index contributed by atoms with van der Waals surface area (Å²) in [7, 11) is 0. The van der Waals surface area contributed by atoms with Gasteiger partial charge in [0.25, 0.3) is 0 Å². The van der Waals surface area contributed by atoms with Crippen molar-refractivity contribution in [1.82, 2.24) is 5.32 Å². The van der Waals surface area contributed by atoms with E-state index in [1.807, 2.05) is 18.2 Å². The lowest BCUT2D eigenvalue weighted by Gasteiger charge is -2.18. The minimum absolute atomic E-state index is 0.180. The van der Waals surface area contributed by atoms with E-state index in [9.17, 15) is 9.90 Å². The van der Waals surface area contributed by atoms with E-state index in [1.54, 1.807) is 11.4 Å². The molecule has 0 fully saturated rings. The van der Waals surface area contributed by atoms with Crippen molar-refractivity contribution < 1.29 is 9.90 Å². The van der Waals surface area contributed by atoms with Crippen LogP contribution in [0.2, 0.25) is 0 Å². The number of aliphatic hydroxyl groups is 1. The van der Waals surface area contributed by atoms with Crippen LogP contribution in [0.15, 0.2) is 66.0 Å². The van der Waals surface area contributed by atoms with E-state index in [0.29, 0.717) is 12.0 Å². The Labute approximate surface area is 170 Å². The molecule has 2 unspecified atom stereocenters. The van der Waals surface area contributed by atoms with Crippen LogP contribution in [0.3, 0.4) is 0 Å². The number of nitrogens with two attached hydrogens (primary N) is 1. The normalized spacial score (nSPS) is 13.2. The average molecular weight is 395 g/mol. The lowest BCUT2D eigenvalue weighted by atomic mass is 10.0. The quantitative estimate of drug-likeness (QED) is 0.481. The molecule has 1 amide bonds. The molecule has 0 spiro atoms. The summed E-state index contributed by atoms with van der Waals surface area (Å²) in [6, 6.07) is 20.9. The summed E-state index contributed by atoms with van der Waals surface area (Å²) in [5, 5.41) is 15.2. The first-order valence-electron chi connectivity index (χ1n) is 9.47. The second kappa shape index (κ2) is 9.64. The second-order valence-corrected chi connectivity index (χ2v) is 8.05. The van der Waals surface area contributed by atoms with Gasteiger partial charge in [-0.15, -0.1) is 11.3 Å². The number of hydrogen-bond donors (Lipinski definition) is 3. The van der Waals surface area contributed by atoms with Crippen LogP contribution in [0, 0.1) is 0 Å². The molecule has 0 aliphatic carbocycles. The second-order valence-electron chi connectivity index (χ2n) is 7.06. The Balaban J connectivity index is 1.45. The summed E-state index contributed by atoms with van der Waals surface area (Å²) in [5.74, 6) is -0.434. The van der Waals surface area contributed by atoms with Crippen molar-refractivity contribution in [3.05, 3.63) is 82.0 Å². The first kappa shape index (κ1) is 20.3. The van der Waals surface area contributed by atoms with Gasteiger partial charge in [0.15, 0.2) is 0 Å². The Morgan fingerprint density at radius 1 is 1.11 bits per heavy atom. The van der Waals surface area contributed by atoms with Crippen LogP contribution in [0.1, 0.15) is 34.1 Å². The molecule has 2 atom stereocenters. The zero-order valence-electron chi connectivity index (χ0n) is 16.0. The van der Waals surface area contributed by atoms with Crippen molar-refractivity contribution in [2.45, 2.75) is 38.5 Å². The monoisotopic (exact) mass is 394 g/mol. The fourth-order valence-electron chi connectivity index (χ4n) is 3.16. The Hall–Kier alpha value is -2.47. The van der Waals surface area contributed by atoms with Gasteiger partial charge in [-0.3, -0.25) is 10.1 Å². The zero-order valence-corrected chi connectivity index (χ0v) is 16.8. The number of amides is 1. The molecule has 0 saturated carbocycles. The maximum Gasteiger partial charge on any atom is 0.249 e. The molecule has 3 aromatic rings. The molecule has 146 valence electrons. The minimum atomic E-state index is -0.644. The number of nitrogens with one attached hydrogen (secondary N) is 1. The molecule has 1 heterocycles. The van der Waals surface area contributed by atoms with Crippen LogP contribution < -0.4 is 11.1 Å². The van der Waals surface area contributed by atoms with Crippen LogP contribution in [0.25, 0.3) is 11.1 Å². The van der Waals surface area contributed by atoms with E-state index in [2.05, 4.69) is 48.6 Å². The van der Waals surface area contributed by atoms with Gasteiger partial charge in [-0.05, 0) is 42.5 Å². The lowest BCUT2D eigenvalue weighted by Crippen LogP contribution is -2.37. The highest BCUT2D eigenvalue weighted by Crippen LogP contribution is 2.20. The highest BCUT2D eigenvalue weighted by molar-refractivity contribution is 7.10. The molecule has 0 bridgehead atoms. The summed E-state index contributed by atoms with van der Waals surface area (Å²) in [4.78, 5) is 12.1. The van der Waals surface area contributed by atoms with Crippen LogP contribution in [0.5, 0.6) is 0 Å². The Morgan fingerprint density at radius 3 is 2.43 bits per heavy atom. The summed E-state index contributed by atoms with van der Waals surface area (Å²) < 4.78 is 0. The van der Waals surface area contributed by atoms with Crippen LogP contribution in [-0.4, -0.2) is 23.3 Å². The third-order valence-electron chi connectivity index (χ3n) is 4.74. The number of rotatable bonds is 9. The number of thiophene rings is 1. The van der Waals surface area contributed by atoms with E-state index in [-0.39, 0.29) is 6.04 Å². The maximum atomic E-state index is 11.2. The van der Waals surface area contributed by atoms with Crippen molar-refractivity contribution in [2.75, 3.05) is 0 Å². The molecule has 0 aliphatic heterocycles. The Kier molecular flexibility index (Phi) is 6.98. The number of carbonyl (C=O) groups excluding carboxylic acids is 1. The summed E-state index contributed by atoms with van der Waals surface area (Å²) in [6.45, 7) is 2.07. The first-order chi connectivity index (χ1) is 13.5. The van der Waals surface area contributed by atoms with Gasteiger partial charge in [0.2, 0.25) is 5.91 Å². The zero-order chi connectivity index (χ0) is 19.9. The minimum Gasteiger partial charge on any atom is -0.378 e. The molecule has 3 rings (SSSR count). The number of benzene rings is 2. The molecule has 2 aromatic carbocycles. The fourth-order valence-corrected chi connectivity index (χ4v) is 4.07. The van der Waals surface area contributed by atoms with Crippen LogP contribution in [-0.2, 0) is 12.8 Å². The molecule has 5 heteroatoms. The highest BCUT2D eigenvalue weighted by atomic mass is 32.1. The predicted octanol–water partition coefficient (Wildman–Crippen LogP) is 3.99. The van der Waals surface area contributed by atoms with Gasteiger partial charge in [-0.25, -0.2) is 0 Å². The number of aliphatic hydroxyl groups excluding tert-OH is 1. The molecule has 1 aromatic heterocycles. The molecular formula is C23H26N2O2S. The van der Waals surface area contributed by atoms with Crippen LogP contribution in [0.4, 0.5) is 0 Å². The van der Waals surface area contributed by atoms with Crippen molar-refractivity contribution in [3.63, 3.8) is 0 Å². The first-order valence-corrected chi connectivity index (χ1v) is 10.3. The molecule has 0 saturated heterocycles. The molecule has 4 N–H and O–H groups in total. The van der Waals surface area contributed by atoms with E-state index < -0.39 is 12.1 Å². The van der Waals surface area contributed by atoms with E-state index in [1.165, 1.54) is 28.0 Å². The topological polar surface area (TPSA) is 75.3 Å². The molecule has 0 radical (unpaired) electrons. The van der Waals surface area contributed by atoms with Gasteiger partial charge in [0.1, 0.15) is 6.23 Å². The van der Waals surface area contributed by atoms with Crippen molar-refractivity contribution in [3.8, 4) is 11.1 Å². The van der Waals surface area contributed by atoms with Crippen molar-refractivity contribution >= 4 is 17.2 Å².